The van der Waals surface area contributed by atoms with Crippen molar-refractivity contribution < 1.29 is 9.59 Å². The molecule has 1 aromatic rings. The molecular weight excluding hydrogens is 304 g/mol. The van der Waals surface area contributed by atoms with Gasteiger partial charge in [-0.3, -0.25) is 9.59 Å². The molecule has 0 saturated carbocycles. The van der Waals surface area contributed by atoms with Crippen molar-refractivity contribution in [3.8, 4) is 0 Å². The van der Waals surface area contributed by atoms with Crippen LogP contribution in [0, 0.1) is 11.8 Å². The molecule has 1 aliphatic heterocycles. The molecule has 1 saturated heterocycles. The lowest BCUT2D eigenvalue weighted by Crippen LogP contribution is -2.34. The van der Waals surface area contributed by atoms with Crippen molar-refractivity contribution in [3.63, 3.8) is 0 Å². The lowest BCUT2D eigenvalue weighted by molar-refractivity contribution is -0.117. The van der Waals surface area contributed by atoms with Crippen LogP contribution in [0.1, 0.15) is 36.5 Å². The maximum Gasteiger partial charge on any atom is 0.253 e. The fraction of sp³-hybridized carbons (Fsp3) is 0.556. The largest absolute Gasteiger partial charge is 0.351 e. The van der Waals surface area contributed by atoms with Crippen LogP contribution in [-0.2, 0) is 4.79 Å². The highest BCUT2D eigenvalue weighted by molar-refractivity contribution is 6.03. The second-order valence-corrected chi connectivity index (χ2v) is 6.43. The molecule has 1 fully saturated rings. The first-order chi connectivity index (χ1) is 11.6. The standard InChI is InChI=1S/C18H28N4O2/c1-13(14-5-4-9-20-12-14)11-17(23)22-16-7-3-2-6-15(16)18(24)21-10-8-19/h2-3,6-7,13-14,20H,4-5,8-12,19H2,1H3,(H,21,24)(H,22,23). The summed E-state index contributed by atoms with van der Waals surface area (Å²) in [5.41, 5.74) is 6.42. The number of carbonyl (C=O) groups is 2. The molecule has 6 heteroatoms. The molecule has 1 aromatic carbocycles. The van der Waals surface area contributed by atoms with Gasteiger partial charge in [0.1, 0.15) is 0 Å². The number of nitrogens with two attached hydrogens (primary N) is 1. The van der Waals surface area contributed by atoms with Crippen LogP contribution in [0.4, 0.5) is 5.69 Å². The first-order valence-corrected chi connectivity index (χ1v) is 8.69. The summed E-state index contributed by atoms with van der Waals surface area (Å²) in [6.45, 7) is 4.96. The Labute approximate surface area is 143 Å². The predicted octanol–water partition coefficient (Wildman–Crippen LogP) is 1.34. The van der Waals surface area contributed by atoms with E-state index in [1.807, 2.05) is 6.07 Å². The molecule has 5 N–H and O–H groups in total. The van der Waals surface area contributed by atoms with E-state index >= 15 is 0 Å². The molecule has 2 rings (SSSR count). The smallest absolute Gasteiger partial charge is 0.253 e. The minimum absolute atomic E-state index is 0.0489. The lowest BCUT2D eigenvalue weighted by Gasteiger charge is -2.28. The zero-order chi connectivity index (χ0) is 17.4. The van der Waals surface area contributed by atoms with Crippen molar-refractivity contribution >= 4 is 17.5 Å². The van der Waals surface area contributed by atoms with Gasteiger partial charge in [0.05, 0.1) is 11.3 Å². The minimum atomic E-state index is -0.221. The summed E-state index contributed by atoms with van der Waals surface area (Å²) in [4.78, 5) is 24.5. The fourth-order valence-corrected chi connectivity index (χ4v) is 3.10. The molecule has 0 spiro atoms. The van der Waals surface area contributed by atoms with Crippen LogP contribution < -0.4 is 21.7 Å². The van der Waals surface area contributed by atoms with Crippen LogP contribution in [0.3, 0.4) is 0 Å². The third-order valence-corrected chi connectivity index (χ3v) is 4.52. The van der Waals surface area contributed by atoms with Crippen LogP contribution in [0.2, 0.25) is 0 Å². The van der Waals surface area contributed by atoms with E-state index in [0.717, 1.165) is 13.1 Å². The van der Waals surface area contributed by atoms with Crippen LogP contribution in [0.25, 0.3) is 0 Å². The van der Waals surface area contributed by atoms with Gasteiger partial charge in [0.15, 0.2) is 0 Å². The van der Waals surface area contributed by atoms with Gasteiger partial charge in [-0.05, 0) is 49.9 Å². The van der Waals surface area contributed by atoms with Crippen molar-refractivity contribution in [2.45, 2.75) is 26.2 Å². The van der Waals surface area contributed by atoms with E-state index in [0.29, 0.717) is 42.6 Å². The number of rotatable bonds is 7. The molecule has 1 heterocycles. The van der Waals surface area contributed by atoms with E-state index in [1.54, 1.807) is 18.2 Å². The highest BCUT2D eigenvalue weighted by Gasteiger charge is 2.22. The van der Waals surface area contributed by atoms with Crippen molar-refractivity contribution in [1.82, 2.24) is 10.6 Å². The van der Waals surface area contributed by atoms with Crippen molar-refractivity contribution in [3.05, 3.63) is 29.8 Å². The summed E-state index contributed by atoms with van der Waals surface area (Å²) in [6, 6.07) is 7.05. The molecule has 0 bridgehead atoms. The Morgan fingerprint density at radius 2 is 2.17 bits per heavy atom. The molecule has 1 aliphatic rings. The van der Waals surface area contributed by atoms with Gasteiger partial charge in [-0.25, -0.2) is 0 Å². The molecule has 2 unspecified atom stereocenters. The average Bonchev–Trinajstić information content (AvgIpc) is 2.60. The summed E-state index contributed by atoms with van der Waals surface area (Å²) in [5.74, 6) is 0.580. The Hall–Kier alpha value is -1.92. The van der Waals surface area contributed by atoms with E-state index in [2.05, 4.69) is 22.9 Å². The van der Waals surface area contributed by atoms with E-state index < -0.39 is 0 Å². The number of hydrogen-bond donors (Lipinski definition) is 4. The Kier molecular flexibility index (Phi) is 7.21. The van der Waals surface area contributed by atoms with Gasteiger partial charge < -0.3 is 21.7 Å². The second-order valence-electron chi connectivity index (χ2n) is 6.43. The lowest BCUT2D eigenvalue weighted by atomic mass is 9.85. The number of amides is 2. The number of piperidine rings is 1. The van der Waals surface area contributed by atoms with Crippen LogP contribution in [-0.4, -0.2) is 38.0 Å². The molecule has 0 aliphatic carbocycles. The van der Waals surface area contributed by atoms with Gasteiger partial charge in [0.25, 0.3) is 5.91 Å². The van der Waals surface area contributed by atoms with Gasteiger partial charge in [-0.15, -0.1) is 0 Å². The van der Waals surface area contributed by atoms with Gasteiger partial charge in [0.2, 0.25) is 5.91 Å². The summed E-state index contributed by atoms with van der Waals surface area (Å²) >= 11 is 0. The third kappa shape index (κ3) is 5.32. The Balaban J connectivity index is 1.94. The first kappa shape index (κ1) is 18.4. The summed E-state index contributed by atoms with van der Waals surface area (Å²) in [6.07, 6.45) is 2.80. The Morgan fingerprint density at radius 1 is 1.38 bits per heavy atom. The highest BCUT2D eigenvalue weighted by atomic mass is 16.2. The molecule has 6 nitrogen and oxygen atoms in total. The van der Waals surface area contributed by atoms with Crippen molar-refractivity contribution in [1.29, 1.82) is 0 Å². The van der Waals surface area contributed by atoms with E-state index in [1.165, 1.54) is 12.8 Å². The second kappa shape index (κ2) is 9.39. The van der Waals surface area contributed by atoms with Gasteiger partial charge in [-0.1, -0.05) is 19.1 Å². The van der Waals surface area contributed by atoms with Gasteiger partial charge in [0, 0.05) is 19.5 Å². The molecule has 0 radical (unpaired) electrons. The highest BCUT2D eigenvalue weighted by Crippen LogP contribution is 2.23. The summed E-state index contributed by atoms with van der Waals surface area (Å²) in [5, 5.41) is 9.01. The van der Waals surface area contributed by atoms with E-state index in [9.17, 15) is 9.59 Å². The Morgan fingerprint density at radius 3 is 2.88 bits per heavy atom. The molecule has 132 valence electrons. The maximum atomic E-state index is 12.4. The maximum absolute atomic E-state index is 12.4. The van der Waals surface area contributed by atoms with E-state index in [-0.39, 0.29) is 11.8 Å². The number of anilines is 1. The number of carbonyl (C=O) groups excluding carboxylic acids is 2. The van der Waals surface area contributed by atoms with Crippen LogP contribution in [0.15, 0.2) is 24.3 Å². The van der Waals surface area contributed by atoms with Crippen LogP contribution in [0.5, 0.6) is 0 Å². The number of nitrogens with one attached hydrogen (secondary N) is 3. The predicted molar refractivity (Wildman–Crippen MR) is 95.8 cm³/mol. The molecule has 2 amide bonds. The first-order valence-electron chi connectivity index (χ1n) is 8.69. The average molecular weight is 332 g/mol. The van der Waals surface area contributed by atoms with Crippen molar-refractivity contribution in [2.75, 3.05) is 31.5 Å². The van der Waals surface area contributed by atoms with Crippen LogP contribution >= 0.6 is 0 Å². The number of benzene rings is 1. The summed E-state index contributed by atoms with van der Waals surface area (Å²) < 4.78 is 0. The summed E-state index contributed by atoms with van der Waals surface area (Å²) in [7, 11) is 0. The SMILES string of the molecule is CC(CC(=O)Nc1ccccc1C(=O)NCCN)C1CCCNC1. The van der Waals surface area contributed by atoms with Gasteiger partial charge in [-0.2, -0.15) is 0 Å². The Bertz CT molecular complexity index is 556. The topological polar surface area (TPSA) is 96.2 Å². The molecule has 24 heavy (non-hydrogen) atoms. The molecule has 2 atom stereocenters. The zero-order valence-electron chi connectivity index (χ0n) is 14.3. The van der Waals surface area contributed by atoms with Crippen molar-refractivity contribution in [2.24, 2.45) is 17.6 Å². The van der Waals surface area contributed by atoms with E-state index in [4.69, 9.17) is 5.73 Å². The fourth-order valence-electron chi connectivity index (χ4n) is 3.10. The number of hydrogen-bond acceptors (Lipinski definition) is 4. The third-order valence-electron chi connectivity index (χ3n) is 4.52. The zero-order valence-corrected chi connectivity index (χ0v) is 14.3. The molecule has 0 aromatic heterocycles. The van der Waals surface area contributed by atoms with Gasteiger partial charge >= 0.3 is 0 Å². The normalized spacial score (nSPS) is 18.7. The monoisotopic (exact) mass is 332 g/mol. The number of para-hydroxylation sites is 1. The molecular formula is C18H28N4O2. The quantitative estimate of drug-likeness (QED) is 0.606. The minimum Gasteiger partial charge on any atom is -0.351 e.